The molecule has 1 aromatic rings. The van der Waals surface area contributed by atoms with Gasteiger partial charge in [-0.15, -0.1) is 11.3 Å². The van der Waals surface area contributed by atoms with E-state index in [1.54, 1.807) is 11.3 Å². The Bertz CT molecular complexity index is 321. The van der Waals surface area contributed by atoms with Gasteiger partial charge in [0.25, 0.3) is 0 Å². The summed E-state index contributed by atoms with van der Waals surface area (Å²) in [6, 6.07) is 0.123. The van der Waals surface area contributed by atoms with Crippen molar-refractivity contribution in [3.8, 4) is 0 Å². The van der Waals surface area contributed by atoms with Crippen LogP contribution in [-0.2, 0) is 0 Å². The SMILES string of the molecule is CC(N)c1cnc(C2CCCN(C)C2)s1. The molecule has 15 heavy (non-hydrogen) atoms. The van der Waals surface area contributed by atoms with Crippen LogP contribution in [0, 0.1) is 0 Å². The van der Waals surface area contributed by atoms with Gasteiger partial charge in [0.2, 0.25) is 0 Å². The average molecular weight is 225 g/mol. The molecule has 1 fully saturated rings. The summed E-state index contributed by atoms with van der Waals surface area (Å²) in [6.45, 7) is 4.39. The molecule has 2 atom stereocenters. The molecule has 1 saturated heterocycles. The number of hydrogen-bond acceptors (Lipinski definition) is 4. The lowest BCUT2D eigenvalue weighted by Crippen LogP contribution is -2.30. The Kier molecular flexibility index (Phi) is 3.38. The summed E-state index contributed by atoms with van der Waals surface area (Å²) < 4.78 is 0. The molecule has 84 valence electrons. The van der Waals surface area contributed by atoms with Gasteiger partial charge in [-0.05, 0) is 33.4 Å². The fourth-order valence-electron chi connectivity index (χ4n) is 2.07. The molecule has 3 nitrogen and oxygen atoms in total. The van der Waals surface area contributed by atoms with Crippen LogP contribution < -0.4 is 5.73 Å². The number of piperidine rings is 1. The second kappa shape index (κ2) is 4.60. The highest BCUT2D eigenvalue weighted by atomic mass is 32.1. The molecule has 0 spiro atoms. The Balaban J connectivity index is 2.08. The number of hydrogen-bond donors (Lipinski definition) is 1. The second-order valence-electron chi connectivity index (χ2n) is 4.49. The minimum atomic E-state index is 0.123. The molecule has 0 radical (unpaired) electrons. The smallest absolute Gasteiger partial charge is 0.0971 e. The Hall–Kier alpha value is -0.450. The van der Waals surface area contributed by atoms with Crippen molar-refractivity contribution in [2.45, 2.75) is 31.7 Å². The molecule has 1 aliphatic heterocycles. The third-order valence-corrected chi connectivity index (χ3v) is 4.32. The molecule has 0 saturated carbocycles. The normalized spacial score (nSPS) is 25.4. The largest absolute Gasteiger partial charge is 0.323 e. The van der Waals surface area contributed by atoms with Crippen LogP contribution in [0.15, 0.2) is 6.20 Å². The lowest BCUT2D eigenvalue weighted by atomic mass is 9.99. The Labute approximate surface area is 95.3 Å². The molecule has 4 heteroatoms. The zero-order valence-corrected chi connectivity index (χ0v) is 10.3. The zero-order chi connectivity index (χ0) is 10.8. The first-order valence-electron chi connectivity index (χ1n) is 5.56. The summed E-state index contributed by atoms with van der Waals surface area (Å²) in [4.78, 5) is 8.10. The molecular weight excluding hydrogens is 206 g/mol. The van der Waals surface area contributed by atoms with Crippen molar-refractivity contribution in [2.75, 3.05) is 20.1 Å². The number of rotatable bonds is 2. The van der Waals surface area contributed by atoms with E-state index < -0.39 is 0 Å². The maximum atomic E-state index is 5.84. The molecule has 0 amide bonds. The van der Waals surface area contributed by atoms with E-state index in [1.807, 2.05) is 13.1 Å². The van der Waals surface area contributed by atoms with E-state index in [1.165, 1.54) is 29.3 Å². The van der Waals surface area contributed by atoms with Gasteiger partial charge in [-0.3, -0.25) is 0 Å². The highest BCUT2D eigenvalue weighted by Gasteiger charge is 2.21. The summed E-state index contributed by atoms with van der Waals surface area (Å²) in [7, 11) is 2.19. The predicted molar refractivity (Wildman–Crippen MR) is 64.2 cm³/mol. The fraction of sp³-hybridized carbons (Fsp3) is 0.727. The number of nitrogens with zero attached hydrogens (tertiary/aromatic N) is 2. The first-order chi connectivity index (χ1) is 7.16. The van der Waals surface area contributed by atoms with Crippen LogP contribution in [0.3, 0.4) is 0 Å². The molecule has 1 aromatic heterocycles. The molecule has 2 unspecified atom stereocenters. The number of aromatic nitrogens is 1. The van der Waals surface area contributed by atoms with Crippen molar-refractivity contribution in [1.29, 1.82) is 0 Å². The van der Waals surface area contributed by atoms with Crippen molar-refractivity contribution in [3.05, 3.63) is 16.1 Å². The Morgan fingerprint density at radius 3 is 3.07 bits per heavy atom. The van der Waals surface area contributed by atoms with E-state index in [9.17, 15) is 0 Å². The molecule has 2 N–H and O–H groups in total. The quantitative estimate of drug-likeness (QED) is 0.836. The van der Waals surface area contributed by atoms with Crippen LogP contribution >= 0.6 is 11.3 Å². The number of nitrogens with two attached hydrogens (primary N) is 1. The third kappa shape index (κ3) is 2.56. The van der Waals surface area contributed by atoms with Gasteiger partial charge >= 0.3 is 0 Å². The predicted octanol–water partition coefficient (Wildman–Crippen LogP) is 1.97. The summed E-state index contributed by atoms with van der Waals surface area (Å²) in [5.74, 6) is 0.626. The van der Waals surface area contributed by atoms with E-state index in [-0.39, 0.29) is 6.04 Å². The monoisotopic (exact) mass is 225 g/mol. The van der Waals surface area contributed by atoms with Crippen LogP contribution in [0.25, 0.3) is 0 Å². The summed E-state index contributed by atoms with van der Waals surface area (Å²) in [5.41, 5.74) is 5.84. The lowest BCUT2D eigenvalue weighted by Gasteiger charge is -2.28. The maximum Gasteiger partial charge on any atom is 0.0971 e. The van der Waals surface area contributed by atoms with Gasteiger partial charge < -0.3 is 10.6 Å². The van der Waals surface area contributed by atoms with E-state index >= 15 is 0 Å². The van der Waals surface area contributed by atoms with Crippen molar-refractivity contribution in [3.63, 3.8) is 0 Å². The zero-order valence-electron chi connectivity index (χ0n) is 9.44. The van der Waals surface area contributed by atoms with Gasteiger partial charge in [0.15, 0.2) is 0 Å². The minimum Gasteiger partial charge on any atom is -0.323 e. The molecule has 2 heterocycles. The first kappa shape index (κ1) is 11.0. The molecule has 0 aromatic carbocycles. The van der Waals surface area contributed by atoms with Crippen molar-refractivity contribution in [1.82, 2.24) is 9.88 Å². The molecule has 1 aliphatic rings. The number of likely N-dealkylation sites (tertiary alicyclic amines) is 1. The molecular formula is C11H19N3S. The lowest BCUT2D eigenvalue weighted by molar-refractivity contribution is 0.250. The standard InChI is InChI=1S/C11H19N3S/c1-8(12)10-6-13-11(15-10)9-4-3-5-14(2)7-9/h6,8-9H,3-5,7,12H2,1-2H3. The maximum absolute atomic E-state index is 5.84. The molecule has 2 rings (SSSR count). The topological polar surface area (TPSA) is 42.1 Å². The summed E-state index contributed by atoms with van der Waals surface area (Å²) in [5, 5.41) is 1.27. The van der Waals surface area contributed by atoms with Crippen LogP contribution in [0.1, 0.15) is 41.6 Å². The van der Waals surface area contributed by atoms with Crippen LogP contribution in [0.4, 0.5) is 0 Å². The van der Waals surface area contributed by atoms with Crippen molar-refractivity contribution >= 4 is 11.3 Å². The van der Waals surface area contributed by atoms with E-state index in [0.29, 0.717) is 5.92 Å². The van der Waals surface area contributed by atoms with Gasteiger partial charge in [-0.2, -0.15) is 0 Å². The minimum absolute atomic E-state index is 0.123. The summed E-state index contributed by atoms with van der Waals surface area (Å²) in [6.07, 6.45) is 4.50. The van der Waals surface area contributed by atoms with E-state index in [0.717, 1.165) is 6.54 Å². The highest BCUT2D eigenvalue weighted by Crippen LogP contribution is 2.30. The summed E-state index contributed by atoms with van der Waals surface area (Å²) >= 11 is 1.79. The highest BCUT2D eigenvalue weighted by molar-refractivity contribution is 7.11. The Morgan fingerprint density at radius 2 is 2.47 bits per heavy atom. The second-order valence-corrected chi connectivity index (χ2v) is 5.58. The van der Waals surface area contributed by atoms with Gasteiger partial charge in [0.1, 0.15) is 0 Å². The van der Waals surface area contributed by atoms with Gasteiger partial charge in [0, 0.05) is 29.6 Å². The molecule has 0 bridgehead atoms. The van der Waals surface area contributed by atoms with E-state index in [4.69, 9.17) is 5.73 Å². The molecule has 0 aliphatic carbocycles. The number of thiazole rings is 1. The Morgan fingerprint density at radius 1 is 1.67 bits per heavy atom. The third-order valence-electron chi connectivity index (χ3n) is 2.96. The van der Waals surface area contributed by atoms with Crippen LogP contribution in [0.5, 0.6) is 0 Å². The van der Waals surface area contributed by atoms with E-state index in [2.05, 4.69) is 16.9 Å². The van der Waals surface area contributed by atoms with Crippen LogP contribution in [-0.4, -0.2) is 30.0 Å². The van der Waals surface area contributed by atoms with Crippen molar-refractivity contribution < 1.29 is 0 Å². The van der Waals surface area contributed by atoms with Gasteiger partial charge in [-0.25, -0.2) is 4.98 Å². The van der Waals surface area contributed by atoms with Gasteiger partial charge in [-0.1, -0.05) is 0 Å². The van der Waals surface area contributed by atoms with Crippen LogP contribution in [0.2, 0.25) is 0 Å². The average Bonchev–Trinajstić information content (AvgIpc) is 2.66. The number of likely N-dealkylation sites (N-methyl/N-ethyl adjacent to an activating group) is 1. The van der Waals surface area contributed by atoms with Crippen molar-refractivity contribution in [2.24, 2.45) is 5.73 Å². The fourth-order valence-corrected chi connectivity index (χ4v) is 3.07. The van der Waals surface area contributed by atoms with Gasteiger partial charge in [0.05, 0.1) is 5.01 Å². The first-order valence-corrected chi connectivity index (χ1v) is 6.38.